The van der Waals surface area contributed by atoms with Gasteiger partial charge in [0.05, 0.1) is 14.2 Å². The summed E-state index contributed by atoms with van der Waals surface area (Å²) >= 11 is 0. The Morgan fingerprint density at radius 2 is 1.82 bits per heavy atom. The Morgan fingerprint density at radius 1 is 1.12 bits per heavy atom. The van der Waals surface area contributed by atoms with Crippen LogP contribution in [-0.4, -0.2) is 26.5 Å². The van der Waals surface area contributed by atoms with Gasteiger partial charge < -0.3 is 9.47 Å². The molecular formula is C14H17NO2. The molecule has 0 spiro atoms. The van der Waals surface area contributed by atoms with E-state index in [0.29, 0.717) is 5.92 Å². The number of hydrogen-bond acceptors (Lipinski definition) is 3. The molecule has 3 heteroatoms. The van der Waals surface area contributed by atoms with Crippen molar-refractivity contribution in [2.75, 3.05) is 20.8 Å². The quantitative estimate of drug-likeness (QED) is 0.800. The second kappa shape index (κ2) is 4.06. The van der Waals surface area contributed by atoms with Gasteiger partial charge in [-0.1, -0.05) is 0 Å². The molecule has 0 aromatic heterocycles. The maximum absolute atomic E-state index is 5.37. The van der Waals surface area contributed by atoms with Crippen molar-refractivity contribution in [3.05, 3.63) is 23.3 Å². The predicted molar refractivity (Wildman–Crippen MR) is 67.4 cm³/mol. The van der Waals surface area contributed by atoms with Crippen molar-refractivity contribution in [2.24, 2.45) is 10.9 Å². The SMILES string of the molecule is COc1cc2c(cc1OC)C(C1CC1)=NCC2. The fraction of sp³-hybridized carbons (Fsp3) is 0.500. The third kappa shape index (κ3) is 1.79. The number of hydrogen-bond donors (Lipinski definition) is 0. The third-order valence-electron chi connectivity index (χ3n) is 3.51. The normalized spacial score (nSPS) is 18.4. The highest BCUT2D eigenvalue weighted by Crippen LogP contribution is 2.39. The molecule has 0 bridgehead atoms. The first-order valence-electron chi connectivity index (χ1n) is 6.13. The number of ether oxygens (including phenoxy) is 2. The number of fused-ring (bicyclic) bond motifs is 1. The summed E-state index contributed by atoms with van der Waals surface area (Å²) in [7, 11) is 3.37. The van der Waals surface area contributed by atoms with E-state index in [0.717, 1.165) is 24.5 Å². The number of methoxy groups -OCH3 is 2. The Labute approximate surface area is 101 Å². The summed E-state index contributed by atoms with van der Waals surface area (Å²) in [5.74, 6) is 2.32. The zero-order chi connectivity index (χ0) is 11.8. The highest BCUT2D eigenvalue weighted by Gasteiger charge is 2.31. The minimum Gasteiger partial charge on any atom is -0.493 e. The fourth-order valence-corrected chi connectivity index (χ4v) is 2.45. The van der Waals surface area contributed by atoms with Gasteiger partial charge in [0.1, 0.15) is 0 Å². The minimum absolute atomic E-state index is 0.687. The fourth-order valence-electron chi connectivity index (χ4n) is 2.45. The van der Waals surface area contributed by atoms with Crippen molar-refractivity contribution in [3.8, 4) is 11.5 Å². The molecule has 0 radical (unpaired) electrons. The lowest BCUT2D eigenvalue weighted by Crippen LogP contribution is -2.15. The summed E-state index contributed by atoms with van der Waals surface area (Å²) < 4.78 is 10.7. The van der Waals surface area contributed by atoms with Crippen molar-refractivity contribution >= 4 is 5.71 Å². The Bertz CT molecular complexity index is 475. The molecule has 2 aliphatic rings. The smallest absolute Gasteiger partial charge is 0.161 e. The molecule has 3 nitrogen and oxygen atoms in total. The largest absolute Gasteiger partial charge is 0.493 e. The molecule has 90 valence electrons. The summed E-state index contributed by atoms with van der Waals surface area (Å²) in [6, 6.07) is 4.19. The second-order valence-corrected chi connectivity index (χ2v) is 4.66. The van der Waals surface area contributed by atoms with E-state index in [-0.39, 0.29) is 0 Å². The molecule has 3 rings (SSSR count). The molecule has 1 aliphatic heterocycles. The lowest BCUT2D eigenvalue weighted by Gasteiger charge is -2.19. The number of nitrogens with zero attached hydrogens (tertiary/aromatic N) is 1. The average molecular weight is 231 g/mol. The van der Waals surface area contributed by atoms with Crippen LogP contribution in [-0.2, 0) is 6.42 Å². The monoisotopic (exact) mass is 231 g/mol. The Morgan fingerprint density at radius 3 is 2.47 bits per heavy atom. The summed E-state index contributed by atoms with van der Waals surface area (Å²) in [6.07, 6.45) is 3.57. The van der Waals surface area contributed by atoms with Gasteiger partial charge in [-0.2, -0.15) is 0 Å². The van der Waals surface area contributed by atoms with Crippen molar-refractivity contribution in [3.63, 3.8) is 0 Å². The molecule has 0 unspecified atom stereocenters. The van der Waals surface area contributed by atoms with E-state index in [1.54, 1.807) is 14.2 Å². The van der Waals surface area contributed by atoms with Crippen LogP contribution in [0.1, 0.15) is 24.0 Å². The molecule has 1 heterocycles. The zero-order valence-corrected chi connectivity index (χ0v) is 10.3. The lowest BCUT2D eigenvalue weighted by atomic mass is 9.94. The van der Waals surface area contributed by atoms with Crippen LogP contribution < -0.4 is 9.47 Å². The standard InChI is InChI=1S/C14H17NO2/c1-16-12-7-10-5-6-15-14(9-3-4-9)11(10)8-13(12)17-2/h7-9H,3-6H2,1-2H3. The maximum atomic E-state index is 5.37. The highest BCUT2D eigenvalue weighted by molar-refractivity contribution is 6.05. The first kappa shape index (κ1) is 10.6. The molecule has 0 atom stereocenters. The van der Waals surface area contributed by atoms with Crippen LogP contribution in [0.4, 0.5) is 0 Å². The minimum atomic E-state index is 0.687. The van der Waals surface area contributed by atoms with Gasteiger partial charge >= 0.3 is 0 Å². The van der Waals surface area contributed by atoms with Crippen LogP contribution in [0.2, 0.25) is 0 Å². The summed E-state index contributed by atoms with van der Waals surface area (Å²) in [4.78, 5) is 4.68. The molecule has 0 amide bonds. The van der Waals surface area contributed by atoms with Crippen LogP contribution in [0.25, 0.3) is 0 Å². The van der Waals surface area contributed by atoms with Gasteiger partial charge in [-0.15, -0.1) is 0 Å². The van der Waals surface area contributed by atoms with E-state index in [1.807, 2.05) is 0 Å². The van der Waals surface area contributed by atoms with Crippen molar-refractivity contribution < 1.29 is 9.47 Å². The van der Waals surface area contributed by atoms with Gasteiger partial charge in [0, 0.05) is 23.7 Å². The van der Waals surface area contributed by atoms with Crippen molar-refractivity contribution in [1.29, 1.82) is 0 Å². The number of aliphatic imine (C=N–C) groups is 1. The highest BCUT2D eigenvalue weighted by atomic mass is 16.5. The van der Waals surface area contributed by atoms with Gasteiger partial charge in [-0.05, 0) is 37.0 Å². The first-order chi connectivity index (χ1) is 8.33. The van der Waals surface area contributed by atoms with Crippen LogP contribution in [0.5, 0.6) is 11.5 Å². The third-order valence-corrected chi connectivity index (χ3v) is 3.51. The first-order valence-corrected chi connectivity index (χ1v) is 6.13. The van der Waals surface area contributed by atoms with Crippen molar-refractivity contribution in [1.82, 2.24) is 0 Å². The topological polar surface area (TPSA) is 30.8 Å². The van der Waals surface area contributed by atoms with E-state index in [4.69, 9.17) is 9.47 Å². The average Bonchev–Trinajstić information content (AvgIpc) is 3.20. The molecule has 17 heavy (non-hydrogen) atoms. The molecule has 1 aromatic carbocycles. The molecule has 0 saturated heterocycles. The van der Waals surface area contributed by atoms with E-state index in [2.05, 4.69) is 17.1 Å². The molecule has 1 saturated carbocycles. The Hall–Kier alpha value is -1.51. The molecule has 1 aliphatic carbocycles. The maximum Gasteiger partial charge on any atom is 0.161 e. The van der Waals surface area contributed by atoms with Crippen molar-refractivity contribution in [2.45, 2.75) is 19.3 Å². The molecule has 1 fully saturated rings. The van der Waals surface area contributed by atoms with Gasteiger partial charge in [0.25, 0.3) is 0 Å². The van der Waals surface area contributed by atoms with E-state index >= 15 is 0 Å². The van der Waals surface area contributed by atoms with Gasteiger partial charge in [-0.25, -0.2) is 0 Å². The molecule has 0 N–H and O–H groups in total. The van der Waals surface area contributed by atoms with Crippen LogP contribution in [0.3, 0.4) is 0 Å². The predicted octanol–water partition coefficient (Wildman–Crippen LogP) is 2.46. The van der Waals surface area contributed by atoms with Gasteiger partial charge in [-0.3, -0.25) is 4.99 Å². The van der Waals surface area contributed by atoms with E-state index in [1.165, 1.54) is 29.7 Å². The van der Waals surface area contributed by atoms with Gasteiger partial charge in [0.2, 0.25) is 0 Å². The van der Waals surface area contributed by atoms with Crippen LogP contribution in [0, 0.1) is 5.92 Å². The van der Waals surface area contributed by atoms with E-state index in [9.17, 15) is 0 Å². The molecule has 1 aromatic rings. The summed E-state index contributed by atoms with van der Waals surface area (Å²) in [5.41, 5.74) is 3.91. The zero-order valence-electron chi connectivity index (χ0n) is 10.3. The molecular weight excluding hydrogens is 214 g/mol. The van der Waals surface area contributed by atoms with Gasteiger partial charge in [0.15, 0.2) is 11.5 Å². The van der Waals surface area contributed by atoms with E-state index < -0.39 is 0 Å². The second-order valence-electron chi connectivity index (χ2n) is 4.66. The lowest BCUT2D eigenvalue weighted by molar-refractivity contribution is 0.354. The Kier molecular flexibility index (Phi) is 2.54. The number of rotatable bonds is 3. The number of benzene rings is 1. The summed E-state index contributed by atoms with van der Waals surface area (Å²) in [6.45, 7) is 0.911. The van der Waals surface area contributed by atoms with Crippen LogP contribution >= 0.6 is 0 Å². The van der Waals surface area contributed by atoms with Crippen LogP contribution in [0.15, 0.2) is 17.1 Å². The Balaban J connectivity index is 2.08. The summed E-state index contributed by atoms with van der Waals surface area (Å²) in [5, 5.41) is 0.